The first-order valence-corrected chi connectivity index (χ1v) is 6.73. The number of carbonyl (C=O) groups is 1. The lowest BCUT2D eigenvalue weighted by Crippen LogP contribution is -2.49. The van der Waals surface area contributed by atoms with E-state index in [2.05, 4.69) is 5.32 Å². The van der Waals surface area contributed by atoms with Gasteiger partial charge in [0, 0.05) is 32.2 Å². The third kappa shape index (κ3) is 3.60. The van der Waals surface area contributed by atoms with E-state index in [1.807, 2.05) is 0 Å². The molecule has 0 unspecified atom stereocenters. The number of benzene rings is 1. The molecule has 8 heteroatoms. The number of hydrogen-bond donors (Lipinski definition) is 3. The topological polar surface area (TPSA) is 123 Å². The molecule has 2 aromatic rings. The number of hydrogen-bond acceptors (Lipinski definition) is 5. The molecule has 8 nitrogen and oxygen atoms in total. The Bertz CT molecular complexity index is 660. The van der Waals surface area contributed by atoms with Gasteiger partial charge in [0.1, 0.15) is 0 Å². The van der Waals surface area contributed by atoms with Crippen LogP contribution in [0.1, 0.15) is 23.1 Å². The number of rotatable bonds is 3. The molecule has 0 aliphatic heterocycles. The maximum atomic E-state index is 12.1. The van der Waals surface area contributed by atoms with Crippen LogP contribution < -0.4 is 14.8 Å². The number of aromatic nitrogens is 2. The average molecular weight is 309 g/mol. The second-order valence-corrected chi connectivity index (χ2v) is 4.31. The van der Waals surface area contributed by atoms with E-state index in [1.165, 1.54) is 19.1 Å². The third-order valence-electron chi connectivity index (χ3n) is 2.78. The van der Waals surface area contributed by atoms with Gasteiger partial charge >= 0.3 is 11.6 Å². The summed E-state index contributed by atoms with van der Waals surface area (Å²) in [6, 6.07) is 6.24. The molecule has 120 valence electrons. The molecule has 22 heavy (non-hydrogen) atoms. The van der Waals surface area contributed by atoms with Gasteiger partial charge in [-0.1, -0.05) is 12.1 Å². The van der Waals surface area contributed by atoms with Crippen LogP contribution in [-0.2, 0) is 0 Å². The summed E-state index contributed by atoms with van der Waals surface area (Å²) in [5, 5.41) is 42.8. The van der Waals surface area contributed by atoms with Gasteiger partial charge in [-0.25, -0.2) is 0 Å². The van der Waals surface area contributed by atoms with Crippen molar-refractivity contribution in [1.29, 1.82) is 0 Å². The molecular weight excluding hydrogens is 290 g/mol. The van der Waals surface area contributed by atoms with E-state index in [4.69, 9.17) is 10.2 Å². The maximum Gasteiger partial charge on any atom is 0.350 e. The van der Waals surface area contributed by atoms with E-state index in [0.29, 0.717) is 9.46 Å². The summed E-state index contributed by atoms with van der Waals surface area (Å²) in [7, 11) is 0. The molecule has 0 aliphatic rings. The molecule has 1 heterocycles. The summed E-state index contributed by atoms with van der Waals surface area (Å²) in [5.74, 6) is -0.683. The van der Waals surface area contributed by atoms with Gasteiger partial charge in [0.2, 0.25) is 0 Å². The largest absolute Gasteiger partial charge is 0.618 e. The second kappa shape index (κ2) is 8.11. The minimum absolute atomic E-state index is 0.0177. The molecule has 2 rings (SSSR count). The Kier molecular flexibility index (Phi) is 6.48. The molecule has 1 aromatic heterocycles. The van der Waals surface area contributed by atoms with Crippen molar-refractivity contribution in [2.75, 3.05) is 19.8 Å². The molecule has 1 aromatic carbocycles. The molecule has 0 bridgehead atoms. The first kappa shape index (κ1) is 17.6. The lowest BCUT2D eigenvalue weighted by molar-refractivity contribution is -0.635. The molecule has 0 saturated carbocycles. The fourth-order valence-electron chi connectivity index (χ4n) is 1.86. The van der Waals surface area contributed by atoms with E-state index in [1.54, 1.807) is 19.1 Å². The van der Waals surface area contributed by atoms with Crippen LogP contribution >= 0.6 is 0 Å². The number of nitrogens with zero attached hydrogens (tertiary/aromatic N) is 2. The van der Waals surface area contributed by atoms with E-state index in [0.717, 1.165) is 0 Å². The van der Waals surface area contributed by atoms with Crippen LogP contribution in [0.3, 0.4) is 0 Å². The van der Waals surface area contributed by atoms with E-state index in [-0.39, 0.29) is 42.2 Å². The first-order chi connectivity index (χ1) is 10.5. The van der Waals surface area contributed by atoms with Gasteiger partial charge in [0.25, 0.3) is 16.7 Å². The van der Waals surface area contributed by atoms with E-state index >= 15 is 0 Å². The van der Waals surface area contributed by atoms with Crippen LogP contribution in [0.25, 0.3) is 11.0 Å². The number of carbonyl (C=O) groups excluding carboxylic acids is 1. The highest BCUT2D eigenvalue weighted by atomic mass is 16.5. The normalized spacial score (nSPS) is 10.0. The van der Waals surface area contributed by atoms with Crippen LogP contribution in [-0.4, -0.2) is 35.9 Å². The predicted octanol–water partition coefficient (Wildman–Crippen LogP) is -0.864. The number of para-hydroxylation sites is 2. The van der Waals surface area contributed by atoms with Crippen molar-refractivity contribution in [2.45, 2.75) is 13.8 Å². The third-order valence-corrected chi connectivity index (χ3v) is 2.78. The summed E-state index contributed by atoms with van der Waals surface area (Å²) in [4.78, 5) is 11.8. The number of aliphatic hydroxyl groups excluding tert-OH is 2. The number of amides is 1. The number of aliphatic hydroxyl groups is 2. The van der Waals surface area contributed by atoms with Gasteiger partial charge in [0.15, 0.2) is 0 Å². The SMILES string of the molecule is CCO.Cc1c(C(=O)NCCO)[n+]([O-])c2ccccc2[n+]1[O-]. The van der Waals surface area contributed by atoms with Crippen molar-refractivity contribution < 1.29 is 24.5 Å². The minimum atomic E-state index is -0.683. The monoisotopic (exact) mass is 309 g/mol. The first-order valence-electron chi connectivity index (χ1n) is 6.73. The molecule has 1 amide bonds. The lowest BCUT2D eigenvalue weighted by Gasteiger charge is -2.10. The molecule has 0 aliphatic carbocycles. The van der Waals surface area contributed by atoms with Crippen molar-refractivity contribution in [3.8, 4) is 0 Å². The molecule has 0 radical (unpaired) electrons. The Morgan fingerprint density at radius 3 is 2.18 bits per heavy atom. The standard InChI is InChI=1S/C12H13N3O4.C2H6O/c1-8-11(12(17)13-6-7-16)15(19)10-5-3-2-4-9(10)14(8)18;1-2-3/h2-5,16H,6-7H2,1H3,(H,13,17);3H,2H2,1H3. The Morgan fingerprint density at radius 2 is 1.68 bits per heavy atom. The highest BCUT2D eigenvalue weighted by Gasteiger charge is 2.30. The van der Waals surface area contributed by atoms with E-state index < -0.39 is 5.91 Å². The molecular formula is C14H19N3O5. The van der Waals surface area contributed by atoms with Crippen LogP contribution in [0.2, 0.25) is 0 Å². The Balaban J connectivity index is 0.000000745. The zero-order chi connectivity index (χ0) is 16.7. The quantitative estimate of drug-likeness (QED) is 0.502. The van der Waals surface area contributed by atoms with Gasteiger partial charge in [-0.3, -0.25) is 4.79 Å². The zero-order valence-electron chi connectivity index (χ0n) is 12.4. The van der Waals surface area contributed by atoms with Gasteiger partial charge < -0.3 is 25.9 Å². The summed E-state index contributed by atoms with van der Waals surface area (Å²) in [6.07, 6.45) is 0. The van der Waals surface area contributed by atoms with Crippen molar-refractivity contribution in [3.05, 3.63) is 46.1 Å². The van der Waals surface area contributed by atoms with Gasteiger partial charge in [0.05, 0.1) is 6.61 Å². The minimum Gasteiger partial charge on any atom is -0.618 e. The smallest absolute Gasteiger partial charge is 0.350 e. The van der Waals surface area contributed by atoms with Gasteiger partial charge in [-0.2, -0.15) is 4.73 Å². The second-order valence-electron chi connectivity index (χ2n) is 4.31. The molecule has 0 atom stereocenters. The molecule has 0 saturated heterocycles. The molecule has 0 fully saturated rings. The average Bonchev–Trinajstić information content (AvgIpc) is 2.51. The molecule has 0 spiro atoms. The fourth-order valence-corrected chi connectivity index (χ4v) is 1.86. The van der Waals surface area contributed by atoms with Crippen molar-refractivity contribution in [3.63, 3.8) is 0 Å². The van der Waals surface area contributed by atoms with Crippen molar-refractivity contribution in [2.24, 2.45) is 0 Å². The Labute approximate surface area is 127 Å². The maximum absolute atomic E-state index is 12.1. The predicted molar refractivity (Wildman–Crippen MR) is 78.8 cm³/mol. The van der Waals surface area contributed by atoms with Crippen LogP contribution in [0.4, 0.5) is 0 Å². The van der Waals surface area contributed by atoms with Crippen LogP contribution in [0.5, 0.6) is 0 Å². The highest BCUT2D eigenvalue weighted by Crippen LogP contribution is 2.08. The number of fused-ring (bicyclic) bond motifs is 1. The highest BCUT2D eigenvalue weighted by molar-refractivity contribution is 5.92. The number of nitrogens with one attached hydrogen (secondary N) is 1. The van der Waals surface area contributed by atoms with Crippen molar-refractivity contribution >= 4 is 16.9 Å². The lowest BCUT2D eigenvalue weighted by atomic mass is 10.2. The van der Waals surface area contributed by atoms with Gasteiger partial charge in [-0.15, -0.1) is 4.73 Å². The van der Waals surface area contributed by atoms with Crippen LogP contribution in [0.15, 0.2) is 24.3 Å². The van der Waals surface area contributed by atoms with Crippen molar-refractivity contribution in [1.82, 2.24) is 5.32 Å². The van der Waals surface area contributed by atoms with Gasteiger partial charge in [-0.05, 0) is 6.92 Å². The Hall–Kier alpha value is -2.45. The summed E-state index contributed by atoms with van der Waals surface area (Å²) >= 11 is 0. The summed E-state index contributed by atoms with van der Waals surface area (Å²) in [6.45, 7) is 3.11. The fraction of sp³-hybridized carbons (Fsp3) is 0.357. The summed E-state index contributed by atoms with van der Waals surface area (Å²) in [5.41, 5.74) is 0.0808. The van der Waals surface area contributed by atoms with E-state index in [9.17, 15) is 15.2 Å². The summed E-state index contributed by atoms with van der Waals surface area (Å²) < 4.78 is 0.989. The Morgan fingerprint density at radius 1 is 1.18 bits per heavy atom. The zero-order valence-corrected chi connectivity index (χ0v) is 12.4. The van der Waals surface area contributed by atoms with Crippen LogP contribution in [0, 0.1) is 17.3 Å². The molecule has 3 N–H and O–H groups in total.